The Bertz CT molecular complexity index is 2220. The first-order valence-corrected chi connectivity index (χ1v) is 15.5. The molecule has 8 bridgehead atoms. The summed E-state index contributed by atoms with van der Waals surface area (Å²) >= 11 is 1.75. The monoisotopic (exact) mass is 584 g/mol. The fraction of sp³-hybridized carbons (Fsp3) is 0.0256. The lowest BCUT2D eigenvalue weighted by atomic mass is 10.0. The van der Waals surface area contributed by atoms with E-state index in [1.165, 1.54) is 10.5 Å². The van der Waals surface area contributed by atoms with Crippen LogP contribution in [0.1, 0.15) is 28.3 Å². The van der Waals surface area contributed by atoms with Crippen LogP contribution in [0.5, 0.6) is 0 Å². The number of nitrogens with zero attached hydrogens (tertiary/aromatic N) is 2. The maximum atomic E-state index is 5.30. The van der Waals surface area contributed by atoms with Gasteiger partial charge < -0.3 is 9.97 Å². The Balaban J connectivity index is 1.50. The van der Waals surface area contributed by atoms with E-state index < -0.39 is 0 Å². The third-order valence-electron chi connectivity index (χ3n) is 7.96. The van der Waals surface area contributed by atoms with Crippen molar-refractivity contribution in [1.29, 1.82) is 0 Å². The zero-order chi connectivity index (χ0) is 29.5. The predicted molar refractivity (Wildman–Crippen MR) is 185 cm³/mol. The van der Waals surface area contributed by atoms with Crippen LogP contribution in [-0.4, -0.2) is 19.9 Å². The first-order chi connectivity index (χ1) is 21.7. The van der Waals surface area contributed by atoms with Crippen LogP contribution >= 0.6 is 11.8 Å². The molecule has 0 fully saturated rings. The number of aryl methyl sites for hydroxylation is 1. The second-order valence-corrected chi connectivity index (χ2v) is 12.0. The van der Waals surface area contributed by atoms with Gasteiger partial charge in [0.1, 0.15) is 0 Å². The Hall–Kier alpha value is -5.39. The normalized spacial score (nSPS) is 12.1. The second-order valence-electron chi connectivity index (χ2n) is 10.9. The quantitative estimate of drug-likeness (QED) is 0.216. The van der Waals surface area contributed by atoms with Gasteiger partial charge in [-0.25, -0.2) is 9.97 Å². The van der Waals surface area contributed by atoms with E-state index in [0.717, 1.165) is 72.0 Å². The number of nitrogens with one attached hydrogen (secondary N) is 2. The van der Waals surface area contributed by atoms with Gasteiger partial charge >= 0.3 is 0 Å². The maximum Gasteiger partial charge on any atom is 0.0798 e. The molecule has 0 aliphatic carbocycles. The fourth-order valence-corrected chi connectivity index (χ4v) is 6.86. The molecule has 3 aromatic heterocycles. The summed E-state index contributed by atoms with van der Waals surface area (Å²) in [5.41, 5.74) is 13.3. The van der Waals surface area contributed by atoms with E-state index in [1.54, 1.807) is 11.8 Å². The first-order valence-electron chi connectivity index (χ1n) is 14.7. The maximum absolute atomic E-state index is 5.30. The minimum atomic E-state index is 0.901. The van der Waals surface area contributed by atoms with Gasteiger partial charge in [-0.2, -0.15) is 0 Å². The van der Waals surface area contributed by atoms with Crippen molar-refractivity contribution >= 4 is 58.1 Å². The third kappa shape index (κ3) is 4.87. The lowest BCUT2D eigenvalue weighted by Gasteiger charge is -2.07. The van der Waals surface area contributed by atoms with Gasteiger partial charge in [-0.1, -0.05) is 90.6 Å². The van der Waals surface area contributed by atoms with Crippen molar-refractivity contribution in [2.24, 2.45) is 0 Å². The van der Waals surface area contributed by atoms with Crippen molar-refractivity contribution in [3.05, 3.63) is 144 Å². The number of hydrogen-bond acceptors (Lipinski definition) is 3. The van der Waals surface area contributed by atoms with Gasteiger partial charge in [-0.05, 0) is 84.3 Å². The zero-order valence-electron chi connectivity index (χ0n) is 24.1. The van der Waals surface area contributed by atoms with Crippen LogP contribution < -0.4 is 0 Å². The van der Waals surface area contributed by atoms with Crippen LogP contribution in [0.4, 0.5) is 0 Å². The summed E-state index contributed by atoms with van der Waals surface area (Å²) in [6.45, 7) is 2.16. The molecule has 0 amide bonds. The zero-order valence-corrected chi connectivity index (χ0v) is 24.9. The molecule has 2 aliphatic heterocycles. The summed E-state index contributed by atoms with van der Waals surface area (Å²) in [7, 11) is 0. The molecule has 0 saturated carbocycles. The summed E-state index contributed by atoms with van der Waals surface area (Å²) < 4.78 is 0. The molecule has 3 aromatic carbocycles. The van der Waals surface area contributed by atoms with Crippen LogP contribution in [0.3, 0.4) is 0 Å². The number of H-pyrrole nitrogens is 2. The second kappa shape index (κ2) is 11.0. The Morgan fingerprint density at radius 3 is 1.86 bits per heavy atom. The smallest absolute Gasteiger partial charge is 0.0798 e. The molecule has 0 radical (unpaired) electrons. The van der Waals surface area contributed by atoms with Crippen molar-refractivity contribution < 1.29 is 0 Å². The van der Waals surface area contributed by atoms with Crippen LogP contribution in [0.25, 0.3) is 68.6 Å². The third-order valence-corrected chi connectivity index (χ3v) is 9.27. The van der Waals surface area contributed by atoms with Gasteiger partial charge in [0.05, 0.1) is 33.2 Å². The molecule has 8 rings (SSSR count). The van der Waals surface area contributed by atoms with Crippen molar-refractivity contribution in [1.82, 2.24) is 19.9 Å². The van der Waals surface area contributed by atoms with Gasteiger partial charge in [0.15, 0.2) is 0 Å². The van der Waals surface area contributed by atoms with E-state index in [0.29, 0.717) is 0 Å². The van der Waals surface area contributed by atoms with E-state index in [-0.39, 0.29) is 0 Å². The molecular formula is C39H28N4S. The van der Waals surface area contributed by atoms with Gasteiger partial charge in [-0.15, -0.1) is 0 Å². The number of aromatic amines is 2. The number of rotatable bonds is 4. The summed E-state index contributed by atoms with van der Waals surface area (Å²) in [5, 5.41) is 0. The van der Waals surface area contributed by atoms with E-state index in [4.69, 9.17) is 9.97 Å². The van der Waals surface area contributed by atoms with E-state index >= 15 is 0 Å². The molecule has 2 N–H and O–H groups in total. The van der Waals surface area contributed by atoms with Crippen LogP contribution in [0.2, 0.25) is 0 Å². The number of hydrogen-bond donors (Lipinski definition) is 2. The Morgan fingerprint density at radius 1 is 0.523 bits per heavy atom. The summed E-state index contributed by atoms with van der Waals surface area (Å²) in [6, 6.07) is 40.1. The predicted octanol–water partition coefficient (Wildman–Crippen LogP) is 10.4. The van der Waals surface area contributed by atoms with Gasteiger partial charge in [0.25, 0.3) is 0 Å². The molecule has 0 spiro atoms. The standard InChI is InChI=1S/C39H28N4S/c1-25-10-8-9-15-36(25)44-39-34-22-20-32(42-34)37(26-11-4-2-5-12-26)30-18-16-28(40-30)24-29-17-19-31(41-29)38(27-13-6-3-7-14-27)33-21-23-35(39)43-33/h2-24,40,43H,1H3. The van der Waals surface area contributed by atoms with Crippen molar-refractivity contribution in [2.45, 2.75) is 16.7 Å². The summed E-state index contributed by atoms with van der Waals surface area (Å²) in [5.74, 6) is 0. The molecular weight excluding hydrogens is 557 g/mol. The molecule has 0 atom stereocenters. The highest BCUT2D eigenvalue weighted by Crippen LogP contribution is 2.39. The summed E-state index contributed by atoms with van der Waals surface area (Å²) in [4.78, 5) is 20.1. The molecule has 2 aliphatic rings. The highest BCUT2D eigenvalue weighted by atomic mass is 32.2. The molecule has 4 nitrogen and oxygen atoms in total. The fourth-order valence-electron chi connectivity index (χ4n) is 5.82. The molecule has 6 aromatic rings. The molecule has 5 heterocycles. The highest BCUT2D eigenvalue weighted by Gasteiger charge is 2.17. The molecule has 0 unspecified atom stereocenters. The van der Waals surface area contributed by atoms with E-state index in [9.17, 15) is 0 Å². The van der Waals surface area contributed by atoms with Gasteiger partial charge in [0.2, 0.25) is 0 Å². The van der Waals surface area contributed by atoms with Crippen molar-refractivity contribution in [3.63, 3.8) is 0 Å². The van der Waals surface area contributed by atoms with Gasteiger partial charge in [0, 0.05) is 32.6 Å². The minimum absolute atomic E-state index is 0.901. The van der Waals surface area contributed by atoms with Crippen LogP contribution in [0, 0.1) is 6.92 Å². The summed E-state index contributed by atoms with van der Waals surface area (Å²) in [6.07, 6.45) is 8.46. The van der Waals surface area contributed by atoms with Gasteiger partial charge in [-0.3, -0.25) is 0 Å². The van der Waals surface area contributed by atoms with Crippen molar-refractivity contribution in [2.75, 3.05) is 0 Å². The Morgan fingerprint density at radius 2 is 1.11 bits per heavy atom. The first kappa shape index (κ1) is 26.3. The average Bonchev–Trinajstić information content (AvgIpc) is 3.88. The lowest BCUT2D eigenvalue weighted by Crippen LogP contribution is -1.88. The highest BCUT2D eigenvalue weighted by molar-refractivity contribution is 7.99. The Labute approximate surface area is 259 Å². The molecule has 5 heteroatoms. The van der Waals surface area contributed by atoms with E-state index in [2.05, 4.69) is 144 Å². The minimum Gasteiger partial charge on any atom is -0.355 e. The Kier molecular flexibility index (Phi) is 6.58. The lowest BCUT2D eigenvalue weighted by molar-refractivity contribution is 1.23. The van der Waals surface area contributed by atoms with Crippen LogP contribution in [-0.2, 0) is 0 Å². The number of aromatic nitrogens is 4. The number of benzene rings is 3. The molecule has 0 saturated heterocycles. The topological polar surface area (TPSA) is 57.4 Å². The number of fused-ring (bicyclic) bond motifs is 8. The van der Waals surface area contributed by atoms with Crippen molar-refractivity contribution in [3.8, 4) is 22.3 Å². The largest absolute Gasteiger partial charge is 0.355 e. The molecule has 44 heavy (non-hydrogen) atoms. The van der Waals surface area contributed by atoms with E-state index in [1.807, 2.05) is 12.1 Å². The average molecular weight is 585 g/mol. The SMILES string of the molecule is Cc1ccccc1Sc1c2nc(c(-c3ccccc3)c3ccc(cc4nc(c(-c5ccccc5)c5ccc1[nH]5)C=C4)[nH]3)C=C2. The molecule has 210 valence electrons. The van der Waals surface area contributed by atoms with Crippen LogP contribution in [0.15, 0.2) is 125 Å².